The number of carboxylic acid groups (broad SMARTS) is 1. The number of halogens is 3. The van der Waals surface area contributed by atoms with E-state index in [1.54, 1.807) is 0 Å². The minimum absolute atomic E-state index is 0.00365. The Balaban J connectivity index is 1.64. The van der Waals surface area contributed by atoms with Gasteiger partial charge in [-0.05, 0) is 36.8 Å². The molecule has 2 atom stereocenters. The Morgan fingerprint density at radius 2 is 1.97 bits per heavy atom. The molecule has 2 aliphatic heterocycles. The van der Waals surface area contributed by atoms with Gasteiger partial charge in [-0.15, -0.1) is 0 Å². The third-order valence-electron chi connectivity index (χ3n) is 5.66. The predicted molar refractivity (Wildman–Crippen MR) is 115 cm³/mol. The van der Waals surface area contributed by atoms with Crippen molar-refractivity contribution in [3.05, 3.63) is 58.1 Å². The highest BCUT2D eigenvalue weighted by molar-refractivity contribution is 6.31. The number of carbonyl (C=O) groups is 3. The molecule has 0 saturated carbocycles. The average molecular weight is 480 g/mol. The standard InChI is InChI=1S/C22H20ClF2N3O5/c23-14-9-11(1-4-15(14)24)27-21(30)13-3-5-16(25)19-17(7-8-33-20(13)19)28(22(31)32)10-12-2-6-18(29)26-12/h1,3-5,9,12,17H,2,6-8,10H2,(H,26,29)(H,27,30)(H,31,32)/t12-,17?/m1/s1. The van der Waals surface area contributed by atoms with Crippen LogP contribution in [-0.2, 0) is 4.79 Å². The van der Waals surface area contributed by atoms with Gasteiger partial charge in [-0.1, -0.05) is 11.6 Å². The number of nitrogens with zero attached hydrogens (tertiary/aromatic N) is 1. The molecular formula is C22H20ClF2N3O5. The van der Waals surface area contributed by atoms with Gasteiger partial charge in [-0.3, -0.25) is 14.5 Å². The molecule has 0 bridgehead atoms. The highest BCUT2D eigenvalue weighted by atomic mass is 35.5. The summed E-state index contributed by atoms with van der Waals surface area (Å²) in [5, 5.41) is 14.9. The van der Waals surface area contributed by atoms with E-state index >= 15 is 0 Å². The van der Waals surface area contributed by atoms with E-state index in [2.05, 4.69) is 10.6 Å². The molecule has 2 heterocycles. The molecule has 11 heteroatoms. The third-order valence-corrected chi connectivity index (χ3v) is 5.95. The van der Waals surface area contributed by atoms with Crippen molar-refractivity contribution in [2.24, 2.45) is 0 Å². The van der Waals surface area contributed by atoms with Crippen LogP contribution in [0.2, 0.25) is 5.02 Å². The second-order valence-corrected chi connectivity index (χ2v) is 8.22. The summed E-state index contributed by atoms with van der Waals surface area (Å²) in [6, 6.07) is 4.67. The van der Waals surface area contributed by atoms with Gasteiger partial charge in [0.15, 0.2) is 0 Å². The van der Waals surface area contributed by atoms with Crippen LogP contribution in [0.25, 0.3) is 0 Å². The van der Waals surface area contributed by atoms with Gasteiger partial charge in [-0.2, -0.15) is 0 Å². The van der Waals surface area contributed by atoms with Crippen molar-refractivity contribution in [1.82, 2.24) is 10.2 Å². The average Bonchev–Trinajstić information content (AvgIpc) is 3.19. The number of ether oxygens (including phenoxy) is 1. The predicted octanol–water partition coefficient (Wildman–Crippen LogP) is 3.95. The highest BCUT2D eigenvalue weighted by Crippen LogP contribution is 2.41. The topological polar surface area (TPSA) is 108 Å². The minimum atomic E-state index is -1.27. The van der Waals surface area contributed by atoms with E-state index in [-0.39, 0.29) is 59.1 Å². The summed E-state index contributed by atoms with van der Waals surface area (Å²) in [5.41, 5.74) is 0.176. The quantitative estimate of drug-likeness (QED) is 0.601. The van der Waals surface area contributed by atoms with Crippen LogP contribution in [-0.4, -0.2) is 47.1 Å². The molecule has 0 spiro atoms. The van der Waals surface area contributed by atoms with Crippen LogP contribution in [0.15, 0.2) is 30.3 Å². The van der Waals surface area contributed by atoms with Crippen molar-refractivity contribution in [2.75, 3.05) is 18.5 Å². The Bertz CT molecular complexity index is 1130. The monoisotopic (exact) mass is 479 g/mol. The lowest BCUT2D eigenvalue weighted by atomic mass is 9.94. The molecule has 0 aliphatic carbocycles. The molecule has 2 aromatic carbocycles. The molecule has 1 unspecified atom stereocenters. The van der Waals surface area contributed by atoms with E-state index in [9.17, 15) is 28.3 Å². The van der Waals surface area contributed by atoms with Crippen LogP contribution in [0, 0.1) is 11.6 Å². The van der Waals surface area contributed by atoms with E-state index in [1.807, 2.05) is 0 Å². The first-order chi connectivity index (χ1) is 15.7. The number of anilines is 1. The van der Waals surface area contributed by atoms with Crippen LogP contribution in [0.4, 0.5) is 19.3 Å². The summed E-state index contributed by atoms with van der Waals surface area (Å²) >= 11 is 5.75. The van der Waals surface area contributed by atoms with E-state index in [1.165, 1.54) is 18.2 Å². The number of nitrogens with one attached hydrogen (secondary N) is 2. The van der Waals surface area contributed by atoms with E-state index in [4.69, 9.17) is 16.3 Å². The highest BCUT2D eigenvalue weighted by Gasteiger charge is 2.37. The molecule has 1 fully saturated rings. The lowest BCUT2D eigenvalue weighted by Gasteiger charge is -2.36. The first kappa shape index (κ1) is 22.8. The lowest BCUT2D eigenvalue weighted by molar-refractivity contribution is -0.119. The van der Waals surface area contributed by atoms with Gasteiger partial charge in [0.2, 0.25) is 5.91 Å². The van der Waals surface area contributed by atoms with E-state index in [0.29, 0.717) is 12.8 Å². The summed E-state index contributed by atoms with van der Waals surface area (Å²) in [7, 11) is 0. The molecular weight excluding hydrogens is 460 g/mol. The Morgan fingerprint density at radius 3 is 2.64 bits per heavy atom. The molecule has 1 saturated heterocycles. The third kappa shape index (κ3) is 4.70. The summed E-state index contributed by atoms with van der Waals surface area (Å²) < 4.78 is 33.9. The van der Waals surface area contributed by atoms with Crippen LogP contribution in [0.5, 0.6) is 5.75 Å². The van der Waals surface area contributed by atoms with Gasteiger partial charge in [0.05, 0.1) is 28.8 Å². The Hall–Kier alpha value is -3.40. The zero-order chi connectivity index (χ0) is 23.7. The first-order valence-corrected chi connectivity index (χ1v) is 10.6. The number of fused-ring (bicyclic) bond motifs is 1. The molecule has 174 valence electrons. The second-order valence-electron chi connectivity index (χ2n) is 7.81. The summed E-state index contributed by atoms with van der Waals surface area (Å²) in [5.74, 6) is -2.23. The summed E-state index contributed by atoms with van der Waals surface area (Å²) in [6.07, 6.45) is -0.322. The fraction of sp³-hybridized carbons (Fsp3) is 0.318. The first-order valence-electron chi connectivity index (χ1n) is 10.2. The fourth-order valence-electron chi connectivity index (χ4n) is 4.11. The summed E-state index contributed by atoms with van der Waals surface area (Å²) in [4.78, 5) is 37.5. The Kier molecular flexibility index (Phi) is 6.37. The van der Waals surface area contributed by atoms with Crippen molar-refractivity contribution >= 4 is 35.2 Å². The van der Waals surface area contributed by atoms with Crippen LogP contribution in [0.3, 0.4) is 0 Å². The molecule has 0 aromatic heterocycles. The minimum Gasteiger partial charge on any atom is -0.492 e. The van der Waals surface area contributed by atoms with Crippen molar-refractivity contribution in [2.45, 2.75) is 31.3 Å². The van der Waals surface area contributed by atoms with Gasteiger partial charge in [0.25, 0.3) is 5.91 Å². The van der Waals surface area contributed by atoms with Gasteiger partial charge in [-0.25, -0.2) is 13.6 Å². The normalized spacial score (nSPS) is 19.3. The zero-order valence-electron chi connectivity index (χ0n) is 17.2. The number of benzene rings is 2. The molecule has 3 amide bonds. The van der Waals surface area contributed by atoms with Gasteiger partial charge in [0.1, 0.15) is 17.4 Å². The SMILES string of the molecule is O=C1CC[C@H](CN(C(=O)O)C2CCOc3c(C(=O)Nc4ccc(F)c(Cl)c4)ccc(F)c32)N1. The lowest BCUT2D eigenvalue weighted by Crippen LogP contribution is -2.44. The molecule has 3 N–H and O–H groups in total. The molecule has 2 aliphatic rings. The van der Waals surface area contributed by atoms with Crippen LogP contribution < -0.4 is 15.4 Å². The van der Waals surface area contributed by atoms with Crippen molar-refractivity contribution in [3.63, 3.8) is 0 Å². The molecule has 2 aromatic rings. The smallest absolute Gasteiger partial charge is 0.407 e. The largest absolute Gasteiger partial charge is 0.492 e. The molecule has 4 rings (SSSR count). The maximum Gasteiger partial charge on any atom is 0.407 e. The van der Waals surface area contributed by atoms with E-state index < -0.39 is 29.7 Å². The number of rotatable bonds is 5. The van der Waals surface area contributed by atoms with Gasteiger partial charge in [0, 0.05) is 31.1 Å². The Morgan fingerprint density at radius 1 is 1.21 bits per heavy atom. The number of hydrogen-bond donors (Lipinski definition) is 3. The van der Waals surface area contributed by atoms with Crippen molar-refractivity contribution in [3.8, 4) is 5.75 Å². The molecule has 8 nitrogen and oxygen atoms in total. The fourth-order valence-corrected chi connectivity index (χ4v) is 4.29. The number of amides is 3. The van der Waals surface area contributed by atoms with Crippen LogP contribution in [0.1, 0.15) is 41.2 Å². The van der Waals surface area contributed by atoms with Crippen molar-refractivity contribution in [1.29, 1.82) is 0 Å². The zero-order valence-corrected chi connectivity index (χ0v) is 18.0. The molecule has 33 heavy (non-hydrogen) atoms. The maximum absolute atomic E-state index is 14.9. The number of hydrogen-bond acceptors (Lipinski definition) is 4. The van der Waals surface area contributed by atoms with E-state index in [0.717, 1.165) is 17.0 Å². The molecule has 0 radical (unpaired) electrons. The second kappa shape index (κ2) is 9.22. The summed E-state index contributed by atoms with van der Waals surface area (Å²) in [6.45, 7) is 0.0414. The number of carbonyl (C=O) groups excluding carboxylic acids is 2. The maximum atomic E-state index is 14.9. The van der Waals surface area contributed by atoms with Crippen molar-refractivity contribution < 1.29 is 33.0 Å². The Labute approximate surface area is 192 Å². The van der Waals surface area contributed by atoms with Gasteiger partial charge >= 0.3 is 6.09 Å². The van der Waals surface area contributed by atoms with Gasteiger partial charge < -0.3 is 20.5 Å². The van der Waals surface area contributed by atoms with Crippen LogP contribution >= 0.6 is 11.6 Å².